The van der Waals surface area contributed by atoms with Crippen molar-refractivity contribution in [2.45, 2.75) is 27.7 Å². The zero-order valence-electron chi connectivity index (χ0n) is 13.0. The van der Waals surface area contributed by atoms with E-state index in [1.165, 1.54) is 27.9 Å². The predicted octanol–water partition coefficient (Wildman–Crippen LogP) is 4.77. The molecule has 0 spiro atoms. The summed E-state index contributed by atoms with van der Waals surface area (Å²) in [5.41, 5.74) is 7.48. The number of hydrogen-bond acceptors (Lipinski definition) is 1. The Kier molecular flexibility index (Phi) is 3.38. The lowest BCUT2D eigenvalue weighted by Crippen LogP contribution is -2.02. The highest BCUT2D eigenvalue weighted by atomic mass is 15.1. The van der Waals surface area contributed by atoms with Crippen LogP contribution >= 0.6 is 0 Å². The Morgan fingerprint density at radius 1 is 0.857 bits per heavy atom. The van der Waals surface area contributed by atoms with Crippen LogP contribution in [-0.4, -0.2) is 9.55 Å². The minimum absolute atomic E-state index is 0.994. The smallest absolute Gasteiger partial charge is 0.144 e. The molecule has 0 saturated heterocycles. The minimum atomic E-state index is 0.994. The molecule has 0 saturated carbocycles. The van der Waals surface area contributed by atoms with Crippen LogP contribution in [0, 0.1) is 27.7 Å². The summed E-state index contributed by atoms with van der Waals surface area (Å²) >= 11 is 0. The molecule has 21 heavy (non-hydrogen) atoms. The Morgan fingerprint density at radius 2 is 1.57 bits per heavy atom. The third kappa shape index (κ3) is 2.49. The Balaban J connectivity index is 2.21. The topological polar surface area (TPSA) is 17.8 Å². The first-order valence-electron chi connectivity index (χ1n) is 7.25. The summed E-state index contributed by atoms with van der Waals surface area (Å²) in [6.45, 7) is 8.57. The van der Waals surface area contributed by atoms with Gasteiger partial charge in [0, 0.05) is 18.0 Å². The van der Waals surface area contributed by atoms with Crippen LogP contribution in [0.25, 0.3) is 17.1 Å². The van der Waals surface area contributed by atoms with Crippen molar-refractivity contribution in [1.29, 1.82) is 0 Å². The predicted molar refractivity (Wildman–Crippen MR) is 87.9 cm³/mol. The number of aryl methyl sites for hydroxylation is 4. The zero-order valence-corrected chi connectivity index (χ0v) is 13.0. The molecule has 3 rings (SSSR count). The maximum atomic E-state index is 4.57. The van der Waals surface area contributed by atoms with Gasteiger partial charge in [0.1, 0.15) is 5.82 Å². The number of imidazole rings is 1. The third-order valence-corrected chi connectivity index (χ3v) is 3.79. The zero-order chi connectivity index (χ0) is 15.0. The van der Waals surface area contributed by atoms with Crippen LogP contribution < -0.4 is 0 Å². The molecule has 0 amide bonds. The van der Waals surface area contributed by atoms with E-state index < -0.39 is 0 Å². The standard InChI is InChI=1S/C19H20N2/c1-13-6-5-7-17(12-13)19-20-8-9-21(19)18-15(3)10-14(2)11-16(18)4/h5-12H,1-4H3. The SMILES string of the molecule is Cc1cccc(-c2nccn2-c2c(C)cc(C)cc2C)c1. The highest BCUT2D eigenvalue weighted by Crippen LogP contribution is 2.27. The number of rotatable bonds is 2. The van der Waals surface area contributed by atoms with Crippen molar-refractivity contribution in [2.24, 2.45) is 0 Å². The van der Waals surface area contributed by atoms with Crippen molar-refractivity contribution < 1.29 is 0 Å². The molecule has 0 atom stereocenters. The van der Waals surface area contributed by atoms with Crippen LogP contribution in [0.5, 0.6) is 0 Å². The molecule has 2 nitrogen and oxygen atoms in total. The van der Waals surface area contributed by atoms with Crippen LogP contribution in [0.3, 0.4) is 0 Å². The van der Waals surface area contributed by atoms with E-state index in [4.69, 9.17) is 0 Å². The number of benzene rings is 2. The molecule has 0 unspecified atom stereocenters. The van der Waals surface area contributed by atoms with Gasteiger partial charge < -0.3 is 0 Å². The van der Waals surface area contributed by atoms with Crippen LogP contribution in [0.1, 0.15) is 22.3 Å². The molecule has 2 heteroatoms. The molecule has 106 valence electrons. The first-order valence-corrected chi connectivity index (χ1v) is 7.25. The van der Waals surface area contributed by atoms with Crippen LogP contribution in [0.15, 0.2) is 48.8 Å². The second kappa shape index (κ2) is 5.21. The molecule has 0 N–H and O–H groups in total. The van der Waals surface area contributed by atoms with Gasteiger partial charge in [-0.2, -0.15) is 0 Å². The second-order valence-electron chi connectivity index (χ2n) is 5.74. The monoisotopic (exact) mass is 276 g/mol. The fourth-order valence-corrected chi connectivity index (χ4v) is 3.03. The Morgan fingerprint density at radius 3 is 2.24 bits per heavy atom. The second-order valence-corrected chi connectivity index (χ2v) is 5.74. The number of aromatic nitrogens is 2. The summed E-state index contributed by atoms with van der Waals surface area (Å²) in [7, 11) is 0. The maximum absolute atomic E-state index is 4.57. The third-order valence-electron chi connectivity index (χ3n) is 3.79. The highest BCUT2D eigenvalue weighted by molar-refractivity contribution is 5.62. The first kappa shape index (κ1) is 13.6. The van der Waals surface area contributed by atoms with Gasteiger partial charge in [0.2, 0.25) is 0 Å². The molecule has 0 aliphatic heterocycles. The van der Waals surface area contributed by atoms with Gasteiger partial charge in [-0.3, -0.25) is 4.57 Å². The molecule has 0 fully saturated rings. The van der Waals surface area contributed by atoms with E-state index in [1.807, 2.05) is 12.4 Å². The summed E-state index contributed by atoms with van der Waals surface area (Å²) < 4.78 is 2.19. The van der Waals surface area contributed by atoms with Crippen LogP contribution in [0.4, 0.5) is 0 Å². The lowest BCUT2D eigenvalue weighted by Gasteiger charge is -2.15. The van der Waals surface area contributed by atoms with Crippen molar-refractivity contribution in [1.82, 2.24) is 9.55 Å². The highest BCUT2D eigenvalue weighted by Gasteiger charge is 2.12. The minimum Gasteiger partial charge on any atom is -0.299 e. The van der Waals surface area contributed by atoms with Gasteiger partial charge >= 0.3 is 0 Å². The quantitative estimate of drug-likeness (QED) is 0.659. The number of hydrogen-bond donors (Lipinski definition) is 0. The average molecular weight is 276 g/mol. The van der Waals surface area contributed by atoms with Crippen molar-refractivity contribution in [3.05, 3.63) is 71.0 Å². The summed E-state index contributed by atoms with van der Waals surface area (Å²) in [6, 6.07) is 12.9. The van der Waals surface area contributed by atoms with Gasteiger partial charge in [0.15, 0.2) is 0 Å². The van der Waals surface area contributed by atoms with Gasteiger partial charge in [0.05, 0.1) is 5.69 Å². The normalized spacial score (nSPS) is 10.9. The van der Waals surface area contributed by atoms with E-state index in [9.17, 15) is 0 Å². The van der Waals surface area contributed by atoms with Crippen molar-refractivity contribution in [3.63, 3.8) is 0 Å². The fraction of sp³-hybridized carbons (Fsp3) is 0.211. The molecule has 0 aliphatic rings. The van der Waals surface area contributed by atoms with Crippen molar-refractivity contribution in [2.75, 3.05) is 0 Å². The van der Waals surface area contributed by atoms with Crippen LogP contribution in [0.2, 0.25) is 0 Å². The summed E-state index contributed by atoms with van der Waals surface area (Å²) in [6.07, 6.45) is 3.92. The van der Waals surface area contributed by atoms with Gasteiger partial charge in [-0.25, -0.2) is 4.98 Å². The molecular formula is C19H20N2. The fourth-order valence-electron chi connectivity index (χ4n) is 3.03. The number of nitrogens with zero attached hydrogens (tertiary/aromatic N) is 2. The van der Waals surface area contributed by atoms with Crippen molar-refractivity contribution in [3.8, 4) is 17.1 Å². The van der Waals surface area contributed by atoms with Gasteiger partial charge in [0.25, 0.3) is 0 Å². The van der Waals surface area contributed by atoms with Gasteiger partial charge in [-0.05, 0) is 44.9 Å². The Labute approximate surface area is 126 Å². The van der Waals surface area contributed by atoms with E-state index in [0.29, 0.717) is 0 Å². The molecule has 0 bridgehead atoms. The molecule has 0 radical (unpaired) electrons. The molecule has 2 aromatic carbocycles. The van der Waals surface area contributed by atoms with Gasteiger partial charge in [-0.1, -0.05) is 41.5 Å². The molecule has 1 heterocycles. The Bertz CT molecular complexity index is 774. The van der Waals surface area contributed by atoms with E-state index in [1.54, 1.807) is 0 Å². The lowest BCUT2D eigenvalue weighted by molar-refractivity contribution is 1.03. The van der Waals surface area contributed by atoms with E-state index in [-0.39, 0.29) is 0 Å². The first-order chi connectivity index (χ1) is 10.1. The van der Waals surface area contributed by atoms with Gasteiger partial charge in [-0.15, -0.1) is 0 Å². The van der Waals surface area contributed by atoms with E-state index >= 15 is 0 Å². The average Bonchev–Trinajstić information content (AvgIpc) is 2.86. The molecule has 1 aromatic heterocycles. The molecule has 3 aromatic rings. The van der Waals surface area contributed by atoms with E-state index in [0.717, 1.165) is 11.4 Å². The summed E-state index contributed by atoms with van der Waals surface area (Å²) in [5.74, 6) is 0.994. The van der Waals surface area contributed by atoms with Crippen LogP contribution in [-0.2, 0) is 0 Å². The van der Waals surface area contributed by atoms with Crippen molar-refractivity contribution >= 4 is 0 Å². The van der Waals surface area contributed by atoms with E-state index in [2.05, 4.69) is 73.6 Å². The summed E-state index contributed by atoms with van der Waals surface area (Å²) in [4.78, 5) is 4.57. The lowest BCUT2D eigenvalue weighted by atomic mass is 10.0. The largest absolute Gasteiger partial charge is 0.299 e. The Hall–Kier alpha value is -2.35. The maximum Gasteiger partial charge on any atom is 0.144 e. The molecular weight excluding hydrogens is 256 g/mol. The summed E-state index contributed by atoms with van der Waals surface area (Å²) in [5, 5.41) is 0. The molecule has 0 aliphatic carbocycles.